The van der Waals surface area contributed by atoms with Crippen molar-refractivity contribution in [1.29, 1.82) is 5.26 Å². The van der Waals surface area contributed by atoms with Gasteiger partial charge in [-0.25, -0.2) is 4.79 Å². The second kappa shape index (κ2) is 11.3. The van der Waals surface area contributed by atoms with Crippen LogP contribution in [-0.4, -0.2) is 47.7 Å². The SMILES string of the molecule is CC(C)C[C@H](OC(=O)NCc1ccccc1)C(=O)NC1(C#N)CCN(C2CCCCC2)C1. The number of carbonyl (C=O) groups is 2. The van der Waals surface area contributed by atoms with Gasteiger partial charge in [-0.3, -0.25) is 9.69 Å². The topological polar surface area (TPSA) is 94.5 Å². The van der Waals surface area contributed by atoms with E-state index >= 15 is 0 Å². The molecule has 2 N–H and O–H groups in total. The number of likely N-dealkylation sites (tertiary alicyclic amines) is 1. The molecule has 1 aromatic carbocycles. The largest absolute Gasteiger partial charge is 0.436 e. The molecule has 1 unspecified atom stereocenters. The van der Waals surface area contributed by atoms with E-state index in [-0.39, 0.29) is 11.8 Å². The quantitative estimate of drug-likeness (QED) is 0.642. The van der Waals surface area contributed by atoms with Crippen molar-refractivity contribution < 1.29 is 14.3 Å². The Morgan fingerprint density at radius 3 is 2.59 bits per heavy atom. The molecule has 174 valence electrons. The Labute approximate surface area is 191 Å². The van der Waals surface area contributed by atoms with Crippen molar-refractivity contribution in [3.8, 4) is 6.07 Å². The summed E-state index contributed by atoms with van der Waals surface area (Å²) in [5.41, 5.74) is 0.0275. The molecule has 1 aliphatic carbocycles. The van der Waals surface area contributed by atoms with Crippen LogP contribution in [0, 0.1) is 17.2 Å². The third-order valence-electron chi connectivity index (χ3n) is 6.47. The highest BCUT2D eigenvalue weighted by Crippen LogP contribution is 2.30. The molecule has 1 aliphatic heterocycles. The maximum absolute atomic E-state index is 13.1. The standard InChI is InChI=1S/C25H36N4O3/c1-19(2)15-22(32-24(31)27-16-20-9-5-3-6-10-20)23(30)28-25(17-26)13-14-29(18-25)21-11-7-4-8-12-21/h3,5-6,9-10,19,21-22H,4,7-8,11-16,18H2,1-2H3,(H,27,31)(H,28,30)/t22-,25?/m0/s1. The average molecular weight is 441 g/mol. The summed E-state index contributed by atoms with van der Waals surface area (Å²) in [5, 5.41) is 15.6. The first-order valence-corrected chi connectivity index (χ1v) is 11.9. The first-order chi connectivity index (χ1) is 15.4. The highest BCUT2D eigenvalue weighted by Gasteiger charge is 2.43. The number of nitriles is 1. The monoisotopic (exact) mass is 440 g/mol. The summed E-state index contributed by atoms with van der Waals surface area (Å²) < 4.78 is 5.50. The molecular weight excluding hydrogens is 404 g/mol. The zero-order chi connectivity index (χ0) is 23.0. The normalized spacial score (nSPS) is 22.8. The van der Waals surface area contributed by atoms with Crippen molar-refractivity contribution >= 4 is 12.0 Å². The predicted molar refractivity (Wildman–Crippen MR) is 123 cm³/mol. The van der Waals surface area contributed by atoms with Crippen LogP contribution in [0.15, 0.2) is 30.3 Å². The molecule has 1 aromatic rings. The van der Waals surface area contributed by atoms with E-state index in [0.717, 1.165) is 24.9 Å². The molecule has 1 heterocycles. The van der Waals surface area contributed by atoms with E-state index in [1.807, 2.05) is 44.2 Å². The van der Waals surface area contributed by atoms with Crippen LogP contribution in [0.4, 0.5) is 4.79 Å². The minimum Gasteiger partial charge on any atom is -0.436 e. The van der Waals surface area contributed by atoms with Crippen LogP contribution in [-0.2, 0) is 16.1 Å². The maximum atomic E-state index is 13.1. The van der Waals surface area contributed by atoms with Crippen molar-refractivity contribution in [3.63, 3.8) is 0 Å². The van der Waals surface area contributed by atoms with Gasteiger partial charge in [0.2, 0.25) is 0 Å². The van der Waals surface area contributed by atoms with Gasteiger partial charge in [0.15, 0.2) is 6.10 Å². The van der Waals surface area contributed by atoms with Crippen LogP contribution in [0.1, 0.15) is 64.4 Å². The summed E-state index contributed by atoms with van der Waals surface area (Å²) in [6.45, 7) is 5.63. The Hall–Kier alpha value is -2.59. The summed E-state index contributed by atoms with van der Waals surface area (Å²) in [4.78, 5) is 27.8. The minimum atomic E-state index is -0.931. The van der Waals surface area contributed by atoms with Crippen LogP contribution in [0.2, 0.25) is 0 Å². The van der Waals surface area contributed by atoms with Gasteiger partial charge in [-0.2, -0.15) is 5.26 Å². The van der Waals surface area contributed by atoms with Crippen molar-refractivity contribution in [1.82, 2.24) is 15.5 Å². The summed E-state index contributed by atoms with van der Waals surface area (Å²) in [6, 6.07) is 12.4. The van der Waals surface area contributed by atoms with Crippen LogP contribution >= 0.6 is 0 Å². The van der Waals surface area contributed by atoms with Gasteiger partial charge in [0, 0.05) is 25.7 Å². The fraction of sp³-hybridized carbons (Fsp3) is 0.640. The summed E-state index contributed by atoms with van der Waals surface area (Å²) >= 11 is 0. The summed E-state index contributed by atoms with van der Waals surface area (Å²) in [6.07, 6.45) is 5.51. The third kappa shape index (κ3) is 6.70. The number of alkyl carbamates (subject to hydrolysis) is 1. The van der Waals surface area contributed by atoms with Gasteiger partial charge in [0.05, 0.1) is 6.07 Å². The lowest BCUT2D eigenvalue weighted by molar-refractivity contribution is -0.131. The van der Waals surface area contributed by atoms with E-state index in [9.17, 15) is 14.9 Å². The molecule has 2 aliphatic rings. The lowest BCUT2D eigenvalue weighted by atomic mass is 9.94. The molecule has 0 bridgehead atoms. The van der Waals surface area contributed by atoms with E-state index in [0.29, 0.717) is 32.0 Å². The Morgan fingerprint density at radius 2 is 1.94 bits per heavy atom. The molecule has 7 heteroatoms. The summed E-state index contributed by atoms with van der Waals surface area (Å²) in [7, 11) is 0. The molecule has 32 heavy (non-hydrogen) atoms. The number of carbonyl (C=O) groups excluding carboxylic acids is 2. The van der Waals surface area contributed by atoms with Gasteiger partial charge in [-0.05, 0) is 37.2 Å². The number of nitrogens with zero attached hydrogens (tertiary/aromatic N) is 2. The molecule has 1 saturated heterocycles. The molecule has 7 nitrogen and oxygen atoms in total. The van der Waals surface area contributed by atoms with Crippen LogP contribution in [0.3, 0.4) is 0 Å². The maximum Gasteiger partial charge on any atom is 0.408 e. The molecule has 1 saturated carbocycles. The van der Waals surface area contributed by atoms with E-state index in [1.165, 1.54) is 19.3 Å². The van der Waals surface area contributed by atoms with Gasteiger partial charge in [0.1, 0.15) is 5.54 Å². The van der Waals surface area contributed by atoms with Crippen LogP contribution < -0.4 is 10.6 Å². The number of nitrogens with one attached hydrogen (secondary N) is 2. The molecule has 2 fully saturated rings. The molecule has 2 atom stereocenters. The number of ether oxygens (including phenoxy) is 1. The Kier molecular flexibility index (Phi) is 8.52. The van der Waals surface area contributed by atoms with E-state index in [4.69, 9.17) is 4.74 Å². The fourth-order valence-corrected chi connectivity index (χ4v) is 4.71. The lowest BCUT2D eigenvalue weighted by Gasteiger charge is -2.32. The molecule has 0 aromatic heterocycles. The molecule has 2 amide bonds. The number of amides is 2. The zero-order valence-corrected chi connectivity index (χ0v) is 19.3. The lowest BCUT2D eigenvalue weighted by Crippen LogP contribution is -2.54. The van der Waals surface area contributed by atoms with E-state index in [2.05, 4.69) is 21.6 Å². The smallest absolute Gasteiger partial charge is 0.408 e. The van der Waals surface area contributed by atoms with Crippen LogP contribution in [0.25, 0.3) is 0 Å². The van der Waals surface area contributed by atoms with Crippen molar-refractivity contribution in [3.05, 3.63) is 35.9 Å². The van der Waals surface area contributed by atoms with Crippen molar-refractivity contribution in [2.45, 2.75) is 83.0 Å². The number of hydrogen-bond donors (Lipinski definition) is 2. The average Bonchev–Trinajstić information content (AvgIpc) is 3.23. The number of benzene rings is 1. The zero-order valence-electron chi connectivity index (χ0n) is 19.3. The van der Waals surface area contributed by atoms with Gasteiger partial charge in [-0.15, -0.1) is 0 Å². The summed E-state index contributed by atoms with van der Waals surface area (Å²) in [5.74, 6) is -0.228. The minimum absolute atomic E-state index is 0.160. The number of hydrogen-bond acceptors (Lipinski definition) is 5. The second-order valence-corrected chi connectivity index (χ2v) is 9.56. The predicted octanol–water partition coefficient (Wildman–Crippen LogP) is 3.74. The van der Waals surface area contributed by atoms with E-state index < -0.39 is 17.7 Å². The molecule has 3 rings (SSSR count). The van der Waals surface area contributed by atoms with Crippen LogP contribution in [0.5, 0.6) is 0 Å². The molecule has 0 spiro atoms. The van der Waals surface area contributed by atoms with Gasteiger partial charge in [-0.1, -0.05) is 63.4 Å². The first-order valence-electron chi connectivity index (χ1n) is 11.9. The van der Waals surface area contributed by atoms with Crippen molar-refractivity contribution in [2.75, 3.05) is 13.1 Å². The molecule has 0 radical (unpaired) electrons. The first kappa shape index (κ1) is 24.1. The van der Waals surface area contributed by atoms with E-state index in [1.54, 1.807) is 0 Å². The van der Waals surface area contributed by atoms with Gasteiger partial charge >= 0.3 is 6.09 Å². The van der Waals surface area contributed by atoms with Crippen molar-refractivity contribution in [2.24, 2.45) is 5.92 Å². The number of rotatable bonds is 8. The second-order valence-electron chi connectivity index (χ2n) is 9.56. The molecular formula is C25H36N4O3. The third-order valence-corrected chi connectivity index (χ3v) is 6.47. The Balaban J connectivity index is 1.58. The van der Waals surface area contributed by atoms with Gasteiger partial charge in [0.25, 0.3) is 5.91 Å². The highest BCUT2D eigenvalue weighted by molar-refractivity contribution is 5.84. The Bertz CT molecular complexity index is 801. The Morgan fingerprint density at radius 1 is 1.22 bits per heavy atom. The highest BCUT2D eigenvalue weighted by atomic mass is 16.6. The van der Waals surface area contributed by atoms with Gasteiger partial charge < -0.3 is 15.4 Å². The fourth-order valence-electron chi connectivity index (χ4n) is 4.71.